The van der Waals surface area contributed by atoms with Gasteiger partial charge in [0.15, 0.2) is 0 Å². The van der Waals surface area contributed by atoms with Gasteiger partial charge in [0.25, 0.3) is 0 Å². The zero-order valence-electron chi connectivity index (χ0n) is 29.0. The second-order valence-corrected chi connectivity index (χ2v) is 12.4. The van der Waals surface area contributed by atoms with Crippen LogP contribution in [0.2, 0.25) is 0 Å². The Morgan fingerprint density at radius 3 is 1.45 bits per heavy atom. The molecule has 0 unspecified atom stereocenters. The monoisotopic (exact) mass is 570 g/mol. The first-order valence-electron chi connectivity index (χ1n) is 15.7. The quantitative estimate of drug-likeness (QED) is 0.111. The zero-order valence-corrected chi connectivity index (χ0v) is 29.0. The van der Waals surface area contributed by atoms with E-state index in [1.54, 1.807) is 7.11 Å². The molecule has 0 aromatic carbocycles. The molecule has 0 radical (unpaired) electrons. The van der Waals surface area contributed by atoms with Gasteiger partial charge < -0.3 is 4.74 Å². The summed E-state index contributed by atoms with van der Waals surface area (Å²) in [5.74, 6) is 0. The molecule has 1 heteroatoms. The summed E-state index contributed by atoms with van der Waals surface area (Å²) in [6.45, 7) is 21.7. The van der Waals surface area contributed by atoms with Gasteiger partial charge in [-0.3, -0.25) is 0 Å². The molecule has 0 aliphatic carbocycles. The summed E-state index contributed by atoms with van der Waals surface area (Å²) in [7, 11) is 1.76. The number of hydrogen-bond donors (Lipinski definition) is 0. The molecular formula is C41H62O. The summed E-state index contributed by atoms with van der Waals surface area (Å²) >= 11 is 0. The highest BCUT2D eigenvalue weighted by Crippen LogP contribution is 2.15. The fourth-order valence-corrected chi connectivity index (χ4v) is 3.88. The van der Waals surface area contributed by atoms with Crippen LogP contribution in [0.4, 0.5) is 0 Å². The summed E-state index contributed by atoms with van der Waals surface area (Å²) < 4.78 is 5.45. The summed E-state index contributed by atoms with van der Waals surface area (Å²) in [6.07, 6.45) is 40.7. The first-order chi connectivity index (χ1) is 19.8. The average Bonchev–Trinajstić information content (AvgIpc) is 2.91. The van der Waals surface area contributed by atoms with Crippen molar-refractivity contribution in [3.8, 4) is 0 Å². The van der Waals surface area contributed by atoms with Gasteiger partial charge in [-0.1, -0.05) is 130 Å². The van der Waals surface area contributed by atoms with Gasteiger partial charge in [0, 0.05) is 7.11 Å². The number of allylic oxidation sites excluding steroid dienone is 21. The molecule has 0 amide bonds. The predicted molar refractivity (Wildman–Crippen MR) is 192 cm³/mol. The molecule has 0 aliphatic heterocycles. The van der Waals surface area contributed by atoms with Crippen LogP contribution in [0.1, 0.15) is 114 Å². The Labute approximate surface area is 261 Å². The van der Waals surface area contributed by atoms with E-state index < -0.39 is 0 Å². The molecule has 0 bridgehead atoms. The van der Waals surface area contributed by atoms with E-state index in [1.165, 1.54) is 45.4 Å². The van der Waals surface area contributed by atoms with Crippen LogP contribution in [0.5, 0.6) is 0 Å². The smallest absolute Gasteiger partial charge is 0.0657 e. The average molecular weight is 571 g/mol. The Balaban J connectivity index is 4.54. The van der Waals surface area contributed by atoms with E-state index >= 15 is 0 Å². The normalized spacial score (nSPS) is 15.3. The van der Waals surface area contributed by atoms with Crippen molar-refractivity contribution in [1.29, 1.82) is 0 Å². The molecule has 0 fully saturated rings. The van der Waals surface area contributed by atoms with E-state index in [0.29, 0.717) is 0 Å². The maximum Gasteiger partial charge on any atom is 0.0657 e. The Hall–Kier alpha value is -2.90. The Morgan fingerprint density at radius 2 is 0.952 bits per heavy atom. The molecule has 0 spiro atoms. The lowest BCUT2D eigenvalue weighted by atomic mass is 10.0. The van der Waals surface area contributed by atoms with Gasteiger partial charge in [-0.05, 0) is 114 Å². The molecule has 232 valence electrons. The number of hydrogen-bond acceptors (Lipinski definition) is 1. The van der Waals surface area contributed by atoms with Crippen LogP contribution in [-0.4, -0.2) is 12.7 Å². The van der Waals surface area contributed by atoms with Crippen molar-refractivity contribution in [1.82, 2.24) is 0 Å². The largest absolute Gasteiger partial charge is 0.378 e. The van der Waals surface area contributed by atoms with Crippen molar-refractivity contribution in [3.63, 3.8) is 0 Å². The number of rotatable bonds is 19. The lowest BCUT2D eigenvalue weighted by molar-refractivity contribution is 0.0255. The van der Waals surface area contributed by atoms with Gasteiger partial charge in [-0.2, -0.15) is 0 Å². The van der Waals surface area contributed by atoms with E-state index in [4.69, 9.17) is 4.74 Å². The van der Waals surface area contributed by atoms with Crippen molar-refractivity contribution in [2.45, 2.75) is 120 Å². The summed E-state index contributed by atoms with van der Waals surface area (Å²) in [6, 6.07) is 0. The van der Waals surface area contributed by atoms with E-state index in [1.807, 2.05) is 0 Å². The van der Waals surface area contributed by atoms with Gasteiger partial charge in [0.05, 0.1) is 5.60 Å². The minimum Gasteiger partial charge on any atom is -0.378 e. The van der Waals surface area contributed by atoms with Crippen molar-refractivity contribution in [2.75, 3.05) is 7.11 Å². The topological polar surface area (TPSA) is 9.23 Å². The van der Waals surface area contributed by atoms with Crippen molar-refractivity contribution >= 4 is 0 Å². The van der Waals surface area contributed by atoms with Crippen molar-refractivity contribution in [3.05, 3.63) is 130 Å². The molecule has 0 rings (SSSR count). The maximum atomic E-state index is 5.45. The molecule has 1 nitrogen and oxygen atoms in total. The van der Waals surface area contributed by atoms with Crippen LogP contribution >= 0.6 is 0 Å². The fourth-order valence-electron chi connectivity index (χ4n) is 3.88. The van der Waals surface area contributed by atoms with Gasteiger partial charge >= 0.3 is 0 Å². The lowest BCUT2D eigenvalue weighted by Gasteiger charge is -2.20. The van der Waals surface area contributed by atoms with Crippen LogP contribution in [0.15, 0.2) is 130 Å². The highest BCUT2D eigenvalue weighted by molar-refractivity contribution is 5.31. The molecule has 0 aromatic rings. The molecule has 42 heavy (non-hydrogen) atoms. The van der Waals surface area contributed by atoms with E-state index in [-0.39, 0.29) is 5.60 Å². The maximum absolute atomic E-state index is 5.45. The molecule has 0 aromatic heterocycles. The third-order valence-electron chi connectivity index (χ3n) is 6.98. The third kappa shape index (κ3) is 24.9. The first kappa shape index (κ1) is 39.1. The first-order valence-corrected chi connectivity index (χ1v) is 15.7. The SMILES string of the molecule is COC(C)(C)CC=CC(C)=CC=CC(C)=CC=CC(C)=CC=CC=C(C)CCC=C(C)CCC=C(C)CCC=C(C)C. The molecule has 0 heterocycles. The Morgan fingerprint density at radius 1 is 0.524 bits per heavy atom. The summed E-state index contributed by atoms with van der Waals surface area (Å²) in [5, 5.41) is 0. The third-order valence-corrected chi connectivity index (χ3v) is 6.98. The minimum atomic E-state index is -0.115. The minimum absolute atomic E-state index is 0.115. The van der Waals surface area contributed by atoms with E-state index in [9.17, 15) is 0 Å². The van der Waals surface area contributed by atoms with Crippen LogP contribution in [0.25, 0.3) is 0 Å². The second kappa shape index (κ2) is 23.6. The van der Waals surface area contributed by atoms with Crippen LogP contribution < -0.4 is 0 Å². The molecule has 0 aliphatic rings. The molecule has 0 saturated carbocycles. The van der Waals surface area contributed by atoms with E-state index in [2.05, 4.69) is 160 Å². The Kier molecular flexibility index (Phi) is 22.0. The number of ether oxygens (including phenoxy) is 1. The molecule has 0 atom stereocenters. The summed E-state index contributed by atoms with van der Waals surface area (Å²) in [4.78, 5) is 0. The van der Waals surface area contributed by atoms with Crippen molar-refractivity contribution in [2.24, 2.45) is 0 Å². The predicted octanol–water partition coefficient (Wildman–Crippen LogP) is 13.0. The van der Waals surface area contributed by atoms with Gasteiger partial charge in [-0.15, -0.1) is 0 Å². The highest BCUT2D eigenvalue weighted by Gasteiger charge is 2.12. The molecule has 0 N–H and O–H groups in total. The van der Waals surface area contributed by atoms with Gasteiger partial charge in [0.1, 0.15) is 0 Å². The number of methoxy groups -OCH3 is 1. The molecule has 0 saturated heterocycles. The van der Waals surface area contributed by atoms with Crippen LogP contribution in [0.3, 0.4) is 0 Å². The van der Waals surface area contributed by atoms with Crippen LogP contribution in [-0.2, 0) is 4.74 Å². The highest BCUT2D eigenvalue weighted by atomic mass is 16.5. The molecular weight excluding hydrogens is 508 g/mol. The summed E-state index contributed by atoms with van der Waals surface area (Å²) in [5.41, 5.74) is 9.39. The standard InChI is InChI=1S/C41H62O/c1-34(2)20-14-23-37(5)26-17-29-38(6)27-15-24-35(3)21-12-13-22-36(4)25-16-28-39(7)30-18-31-40(8)32-19-33-41(9,10)42-11/h12-13,16,18-22,25-28,30-32H,14-15,17,23-24,29,33H2,1-11H3. The van der Waals surface area contributed by atoms with Crippen molar-refractivity contribution < 1.29 is 4.74 Å². The zero-order chi connectivity index (χ0) is 31.8. The lowest BCUT2D eigenvalue weighted by Crippen LogP contribution is -2.20. The second-order valence-electron chi connectivity index (χ2n) is 12.4. The van der Waals surface area contributed by atoms with Gasteiger partial charge in [-0.25, -0.2) is 0 Å². The Bertz CT molecular complexity index is 1110. The van der Waals surface area contributed by atoms with Gasteiger partial charge in [0.2, 0.25) is 0 Å². The fraction of sp³-hybridized carbons (Fsp3) is 0.463. The van der Waals surface area contributed by atoms with E-state index in [0.717, 1.165) is 38.5 Å². The van der Waals surface area contributed by atoms with Crippen LogP contribution in [0, 0.1) is 0 Å².